The molecule has 1 heterocycles. The van der Waals surface area contributed by atoms with Crippen molar-refractivity contribution in [3.8, 4) is 5.75 Å². The van der Waals surface area contributed by atoms with Gasteiger partial charge in [0.15, 0.2) is 0 Å². The molecule has 0 aromatic heterocycles. The zero-order valence-electron chi connectivity index (χ0n) is 17.4. The first-order chi connectivity index (χ1) is 15.5. The van der Waals surface area contributed by atoms with Gasteiger partial charge in [0.2, 0.25) is 0 Å². The van der Waals surface area contributed by atoms with E-state index in [4.69, 9.17) is 27.9 Å². The van der Waals surface area contributed by atoms with Crippen molar-refractivity contribution in [3.63, 3.8) is 0 Å². The van der Waals surface area contributed by atoms with E-state index >= 15 is 0 Å². The van der Waals surface area contributed by atoms with Crippen LogP contribution in [0, 0.1) is 5.82 Å². The van der Waals surface area contributed by atoms with Crippen LogP contribution in [-0.4, -0.2) is 41.9 Å². The molecule has 1 amide bonds. The standard InChI is InChI=1S/C25H23Cl2FN2O2/c26-21-6-9-24(23(27)15-21)32-17-19-2-1-3-20(14-19)25(31)30-12-10-29(11-13-30)16-18-4-7-22(28)8-5-18/h1-9,14-15H,10-13,16-17H2. The van der Waals surface area contributed by atoms with Gasteiger partial charge in [0, 0.05) is 43.3 Å². The highest BCUT2D eigenvalue weighted by atomic mass is 35.5. The molecule has 0 radical (unpaired) electrons. The molecule has 4 rings (SSSR count). The number of halogens is 3. The number of hydrogen-bond donors (Lipinski definition) is 0. The van der Waals surface area contributed by atoms with Crippen molar-refractivity contribution >= 4 is 29.1 Å². The van der Waals surface area contributed by atoms with Gasteiger partial charge in [0.1, 0.15) is 18.2 Å². The maximum Gasteiger partial charge on any atom is 0.253 e. The second-order valence-electron chi connectivity index (χ2n) is 7.76. The molecule has 1 fully saturated rings. The van der Waals surface area contributed by atoms with Crippen molar-refractivity contribution in [2.24, 2.45) is 0 Å². The second-order valence-corrected chi connectivity index (χ2v) is 8.60. The first-order valence-corrected chi connectivity index (χ1v) is 11.2. The van der Waals surface area contributed by atoms with Crippen LogP contribution in [0.25, 0.3) is 0 Å². The Morgan fingerprint density at radius 1 is 0.906 bits per heavy atom. The van der Waals surface area contributed by atoms with E-state index in [0.717, 1.165) is 30.8 Å². The van der Waals surface area contributed by atoms with Gasteiger partial charge in [-0.15, -0.1) is 0 Å². The Bertz CT molecular complexity index is 1080. The summed E-state index contributed by atoms with van der Waals surface area (Å²) in [6, 6.07) is 19.1. The van der Waals surface area contributed by atoms with Crippen molar-refractivity contribution in [2.75, 3.05) is 26.2 Å². The Labute approximate surface area is 197 Å². The van der Waals surface area contributed by atoms with Crippen molar-refractivity contribution in [1.29, 1.82) is 0 Å². The fourth-order valence-electron chi connectivity index (χ4n) is 3.69. The number of piperazine rings is 1. The molecule has 0 aliphatic carbocycles. The number of carbonyl (C=O) groups excluding carboxylic acids is 1. The van der Waals surface area contributed by atoms with Gasteiger partial charge < -0.3 is 9.64 Å². The Morgan fingerprint density at radius 3 is 2.38 bits per heavy atom. The fourth-order valence-corrected chi connectivity index (χ4v) is 4.15. The molecule has 1 saturated heterocycles. The fraction of sp³-hybridized carbons (Fsp3) is 0.240. The predicted octanol–water partition coefficient (Wildman–Crippen LogP) is 5.67. The summed E-state index contributed by atoms with van der Waals surface area (Å²) in [4.78, 5) is 17.2. The Kier molecular flexibility index (Phi) is 7.30. The van der Waals surface area contributed by atoms with Crippen LogP contribution >= 0.6 is 23.2 Å². The Balaban J connectivity index is 1.32. The van der Waals surface area contributed by atoms with E-state index in [-0.39, 0.29) is 11.7 Å². The molecule has 0 N–H and O–H groups in total. The topological polar surface area (TPSA) is 32.8 Å². The zero-order chi connectivity index (χ0) is 22.5. The molecule has 3 aromatic rings. The van der Waals surface area contributed by atoms with E-state index in [1.165, 1.54) is 12.1 Å². The lowest BCUT2D eigenvalue weighted by Gasteiger charge is -2.34. The van der Waals surface area contributed by atoms with Crippen molar-refractivity contribution in [2.45, 2.75) is 13.2 Å². The predicted molar refractivity (Wildman–Crippen MR) is 125 cm³/mol. The normalized spacial score (nSPS) is 14.4. The highest BCUT2D eigenvalue weighted by Crippen LogP contribution is 2.28. The highest BCUT2D eigenvalue weighted by molar-refractivity contribution is 6.35. The lowest BCUT2D eigenvalue weighted by molar-refractivity contribution is 0.0628. The maximum atomic E-state index is 13.1. The van der Waals surface area contributed by atoms with Crippen LogP contribution in [0.15, 0.2) is 66.7 Å². The lowest BCUT2D eigenvalue weighted by Crippen LogP contribution is -2.48. The van der Waals surface area contributed by atoms with Gasteiger partial charge >= 0.3 is 0 Å². The van der Waals surface area contributed by atoms with Gasteiger partial charge in [-0.25, -0.2) is 4.39 Å². The summed E-state index contributed by atoms with van der Waals surface area (Å²) < 4.78 is 18.9. The SMILES string of the molecule is O=C(c1cccc(COc2ccc(Cl)cc2Cl)c1)N1CCN(Cc2ccc(F)cc2)CC1. The maximum absolute atomic E-state index is 13.1. The molecular formula is C25H23Cl2FN2O2. The molecule has 1 aliphatic rings. The van der Waals surface area contributed by atoms with Crippen molar-refractivity contribution < 1.29 is 13.9 Å². The molecule has 0 bridgehead atoms. The first kappa shape index (κ1) is 22.6. The van der Waals surface area contributed by atoms with Crippen molar-refractivity contribution in [3.05, 3.63) is 99.3 Å². The van der Waals surface area contributed by atoms with Crippen LogP contribution in [0.2, 0.25) is 10.0 Å². The number of amides is 1. The first-order valence-electron chi connectivity index (χ1n) is 10.4. The van der Waals surface area contributed by atoms with E-state index in [9.17, 15) is 9.18 Å². The van der Waals surface area contributed by atoms with Crippen LogP contribution in [-0.2, 0) is 13.2 Å². The summed E-state index contributed by atoms with van der Waals surface area (Å²) in [6.45, 7) is 3.92. The number of benzene rings is 3. The molecule has 166 valence electrons. The van der Waals surface area contributed by atoms with Gasteiger partial charge in [-0.2, -0.15) is 0 Å². The number of hydrogen-bond acceptors (Lipinski definition) is 3. The van der Waals surface area contributed by atoms with Crippen LogP contribution in [0.4, 0.5) is 4.39 Å². The van der Waals surface area contributed by atoms with Gasteiger partial charge in [-0.3, -0.25) is 9.69 Å². The van der Waals surface area contributed by atoms with Crippen LogP contribution in [0.1, 0.15) is 21.5 Å². The molecule has 0 atom stereocenters. The number of carbonyl (C=O) groups is 1. The van der Waals surface area contributed by atoms with E-state index in [1.54, 1.807) is 30.3 Å². The van der Waals surface area contributed by atoms with E-state index in [2.05, 4.69) is 4.90 Å². The quantitative estimate of drug-likeness (QED) is 0.463. The minimum absolute atomic E-state index is 0.0119. The third kappa shape index (κ3) is 5.80. The van der Waals surface area contributed by atoms with Gasteiger partial charge in [-0.05, 0) is 53.6 Å². The lowest BCUT2D eigenvalue weighted by atomic mass is 10.1. The van der Waals surface area contributed by atoms with E-state index in [1.807, 2.05) is 29.2 Å². The molecule has 32 heavy (non-hydrogen) atoms. The summed E-state index contributed by atoms with van der Waals surface area (Å²) in [5.74, 6) is 0.330. The van der Waals surface area contributed by atoms with Crippen LogP contribution in [0.5, 0.6) is 5.75 Å². The number of rotatable bonds is 6. The third-order valence-electron chi connectivity index (χ3n) is 5.44. The van der Waals surface area contributed by atoms with Gasteiger partial charge in [0.25, 0.3) is 5.91 Å². The minimum Gasteiger partial charge on any atom is -0.487 e. The molecular weight excluding hydrogens is 450 g/mol. The summed E-state index contributed by atoms with van der Waals surface area (Å²) in [7, 11) is 0. The molecule has 7 heteroatoms. The molecule has 1 aliphatic heterocycles. The highest BCUT2D eigenvalue weighted by Gasteiger charge is 2.22. The average Bonchev–Trinajstić information content (AvgIpc) is 2.80. The van der Waals surface area contributed by atoms with Gasteiger partial charge in [-0.1, -0.05) is 47.5 Å². The molecule has 3 aromatic carbocycles. The summed E-state index contributed by atoms with van der Waals surface area (Å²) in [5, 5.41) is 0.996. The number of nitrogens with zero attached hydrogens (tertiary/aromatic N) is 2. The largest absolute Gasteiger partial charge is 0.487 e. The van der Waals surface area contributed by atoms with E-state index in [0.29, 0.717) is 41.1 Å². The molecule has 0 saturated carbocycles. The second kappa shape index (κ2) is 10.3. The Morgan fingerprint density at radius 2 is 1.66 bits per heavy atom. The van der Waals surface area contributed by atoms with E-state index < -0.39 is 0 Å². The summed E-state index contributed by atoms with van der Waals surface area (Å²) in [6.07, 6.45) is 0. The molecule has 0 spiro atoms. The third-order valence-corrected chi connectivity index (χ3v) is 5.97. The van der Waals surface area contributed by atoms with Gasteiger partial charge in [0.05, 0.1) is 5.02 Å². The number of ether oxygens (including phenoxy) is 1. The van der Waals surface area contributed by atoms with Crippen LogP contribution in [0.3, 0.4) is 0 Å². The zero-order valence-corrected chi connectivity index (χ0v) is 19.0. The summed E-state index contributed by atoms with van der Waals surface area (Å²) in [5.41, 5.74) is 2.59. The minimum atomic E-state index is -0.229. The molecule has 4 nitrogen and oxygen atoms in total. The van der Waals surface area contributed by atoms with Crippen molar-refractivity contribution in [1.82, 2.24) is 9.80 Å². The summed E-state index contributed by atoms with van der Waals surface area (Å²) >= 11 is 12.1. The van der Waals surface area contributed by atoms with Crippen LogP contribution < -0.4 is 4.74 Å². The smallest absolute Gasteiger partial charge is 0.253 e. The Hall–Kier alpha value is -2.60. The monoisotopic (exact) mass is 472 g/mol. The average molecular weight is 473 g/mol. The molecule has 0 unspecified atom stereocenters.